The molecule has 0 aliphatic rings. The predicted molar refractivity (Wildman–Crippen MR) is 101 cm³/mol. The van der Waals surface area contributed by atoms with Crippen LogP contribution in [0.4, 0.5) is 5.69 Å². The minimum Gasteiger partial charge on any atom is -0.497 e. The van der Waals surface area contributed by atoms with Gasteiger partial charge in [0.05, 0.1) is 38.6 Å². The van der Waals surface area contributed by atoms with Gasteiger partial charge in [0.15, 0.2) is 0 Å². The Bertz CT molecular complexity index is 733. The second-order valence-corrected chi connectivity index (χ2v) is 5.77. The van der Waals surface area contributed by atoms with Gasteiger partial charge in [-0.25, -0.2) is 0 Å². The van der Waals surface area contributed by atoms with Crippen molar-refractivity contribution in [2.45, 2.75) is 12.8 Å². The Hall–Kier alpha value is -2.60. The van der Waals surface area contributed by atoms with Crippen LogP contribution in [0.5, 0.6) is 23.0 Å². The standard InChI is InChI=1S/C19H22ClNO5/c1-23-13-6-8-14(9-7-13)26-10-4-5-19(22)21-16-12-17(24-2)15(20)11-18(16)25-3/h6-9,11-12H,4-5,10H2,1-3H3,(H,21,22). The monoisotopic (exact) mass is 379 g/mol. The molecular weight excluding hydrogens is 358 g/mol. The summed E-state index contributed by atoms with van der Waals surface area (Å²) in [5.74, 6) is 2.29. The fourth-order valence-electron chi connectivity index (χ4n) is 2.27. The van der Waals surface area contributed by atoms with E-state index >= 15 is 0 Å². The molecule has 2 aromatic carbocycles. The average molecular weight is 380 g/mol. The number of hydrogen-bond donors (Lipinski definition) is 1. The van der Waals surface area contributed by atoms with Crippen LogP contribution in [-0.4, -0.2) is 33.8 Å². The van der Waals surface area contributed by atoms with Crippen molar-refractivity contribution in [1.29, 1.82) is 0 Å². The number of nitrogens with one attached hydrogen (secondary N) is 1. The van der Waals surface area contributed by atoms with Crippen LogP contribution in [-0.2, 0) is 4.79 Å². The summed E-state index contributed by atoms with van der Waals surface area (Å²) < 4.78 is 21.1. The highest BCUT2D eigenvalue weighted by Crippen LogP contribution is 2.35. The number of benzene rings is 2. The first-order valence-electron chi connectivity index (χ1n) is 8.05. The Morgan fingerprint density at radius 3 is 2.23 bits per heavy atom. The van der Waals surface area contributed by atoms with Crippen LogP contribution >= 0.6 is 11.6 Å². The first kappa shape index (κ1) is 19.7. The number of hydrogen-bond acceptors (Lipinski definition) is 5. The third kappa shape index (κ3) is 5.46. The van der Waals surface area contributed by atoms with Gasteiger partial charge < -0.3 is 24.3 Å². The predicted octanol–water partition coefficient (Wildman–Crippen LogP) is 4.16. The third-order valence-electron chi connectivity index (χ3n) is 3.62. The molecule has 0 aliphatic carbocycles. The van der Waals surface area contributed by atoms with Gasteiger partial charge >= 0.3 is 0 Å². The molecule has 0 saturated carbocycles. The van der Waals surface area contributed by atoms with E-state index in [-0.39, 0.29) is 5.91 Å². The molecule has 7 heteroatoms. The van der Waals surface area contributed by atoms with Crippen molar-refractivity contribution in [2.75, 3.05) is 33.3 Å². The van der Waals surface area contributed by atoms with Crippen LogP contribution in [0.25, 0.3) is 0 Å². The number of halogens is 1. The summed E-state index contributed by atoms with van der Waals surface area (Å²) in [5, 5.41) is 3.21. The van der Waals surface area contributed by atoms with Crippen LogP contribution in [0.1, 0.15) is 12.8 Å². The molecule has 140 valence electrons. The molecule has 2 rings (SSSR count). The van der Waals surface area contributed by atoms with Crippen molar-refractivity contribution in [1.82, 2.24) is 0 Å². The van der Waals surface area contributed by atoms with E-state index in [1.165, 1.54) is 14.2 Å². The van der Waals surface area contributed by atoms with E-state index in [9.17, 15) is 4.79 Å². The number of rotatable bonds is 9. The molecule has 0 aliphatic heterocycles. The molecule has 0 saturated heterocycles. The minimum absolute atomic E-state index is 0.147. The van der Waals surface area contributed by atoms with Gasteiger partial charge in [-0.05, 0) is 30.7 Å². The van der Waals surface area contributed by atoms with E-state index in [2.05, 4.69) is 5.32 Å². The van der Waals surface area contributed by atoms with Gasteiger partial charge in [0.2, 0.25) is 5.91 Å². The van der Waals surface area contributed by atoms with Crippen LogP contribution in [0.15, 0.2) is 36.4 Å². The molecule has 0 bridgehead atoms. The highest BCUT2D eigenvalue weighted by molar-refractivity contribution is 6.32. The highest BCUT2D eigenvalue weighted by Gasteiger charge is 2.12. The molecule has 0 radical (unpaired) electrons. The van der Waals surface area contributed by atoms with Gasteiger partial charge in [0.25, 0.3) is 0 Å². The fourth-order valence-corrected chi connectivity index (χ4v) is 2.50. The van der Waals surface area contributed by atoms with Crippen LogP contribution in [0.2, 0.25) is 5.02 Å². The largest absolute Gasteiger partial charge is 0.497 e. The van der Waals surface area contributed by atoms with Crippen molar-refractivity contribution >= 4 is 23.2 Å². The number of methoxy groups -OCH3 is 3. The Morgan fingerprint density at radius 1 is 0.962 bits per heavy atom. The Balaban J connectivity index is 1.83. The zero-order valence-electron chi connectivity index (χ0n) is 15.0. The smallest absolute Gasteiger partial charge is 0.224 e. The third-order valence-corrected chi connectivity index (χ3v) is 3.92. The average Bonchev–Trinajstić information content (AvgIpc) is 2.66. The molecule has 0 spiro atoms. The zero-order valence-corrected chi connectivity index (χ0v) is 15.8. The lowest BCUT2D eigenvalue weighted by molar-refractivity contribution is -0.116. The number of carbonyl (C=O) groups excluding carboxylic acids is 1. The van der Waals surface area contributed by atoms with Gasteiger partial charge in [-0.15, -0.1) is 0 Å². The van der Waals surface area contributed by atoms with Crippen LogP contribution < -0.4 is 24.3 Å². The van der Waals surface area contributed by atoms with Gasteiger partial charge in [-0.2, -0.15) is 0 Å². The summed E-state index contributed by atoms with van der Waals surface area (Å²) in [4.78, 5) is 12.1. The summed E-state index contributed by atoms with van der Waals surface area (Å²) in [7, 11) is 4.63. The molecule has 0 aromatic heterocycles. The molecular formula is C19H22ClNO5. The van der Waals surface area contributed by atoms with E-state index in [4.69, 9.17) is 30.5 Å². The summed E-state index contributed by atoms with van der Waals surface area (Å²) >= 11 is 6.05. The molecule has 1 amide bonds. The summed E-state index contributed by atoms with van der Waals surface area (Å²) in [6, 6.07) is 10.5. The van der Waals surface area contributed by atoms with Gasteiger partial charge in [0, 0.05) is 18.6 Å². The second kappa shape index (κ2) is 9.77. The number of carbonyl (C=O) groups is 1. The molecule has 2 aromatic rings. The zero-order chi connectivity index (χ0) is 18.9. The minimum atomic E-state index is -0.147. The molecule has 0 atom stereocenters. The van der Waals surface area contributed by atoms with Gasteiger partial charge in [-0.3, -0.25) is 4.79 Å². The van der Waals surface area contributed by atoms with E-state index in [0.717, 1.165) is 11.5 Å². The van der Waals surface area contributed by atoms with Crippen molar-refractivity contribution in [3.05, 3.63) is 41.4 Å². The SMILES string of the molecule is COc1ccc(OCCCC(=O)Nc2cc(OC)c(Cl)cc2OC)cc1. The maximum atomic E-state index is 12.1. The quantitative estimate of drug-likeness (QED) is 0.662. The van der Waals surface area contributed by atoms with Gasteiger partial charge in [-0.1, -0.05) is 11.6 Å². The van der Waals surface area contributed by atoms with Crippen molar-refractivity contribution in [3.8, 4) is 23.0 Å². The second-order valence-electron chi connectivity index (χ2n) is 5.36. The molecule has 6 nitrogen and oxygen atoms in total. The van der Waals surface area contributed by atoms with E-state index < -0.39 is 0 Å². The Labute approximate surface area is 158 Å². The summed E-state index contributed by atoms with van der Waals surface area (Å²) in [5.41, 5.74) is 0.509. The molecule has 0 fully saturated rings. The normalized spacial score (nSPS) is 10.2. The van der Waals surface area contributed by atoms with Crippen LogP contribution in [0.3, 0.4) is 0 Å². The lowest BCUT2D eigenvalue weighted by Crippen LogP contribution is -2.13. The highest BCUT2D eigenvalue weighted by atomic mass is 35.5. The van der Waals surface area contributed by atoms with Crippen molar-refractivity contribution < 1.29 is 23.7 Å². The maximum absolute atomic E-state index is 12.1. The Kier molecular flexibility index (Phi) is 7.41. The molecule has 0 heterocycles. The first-order valence-corrected chi connectivity index (χ1v) is 8.43. The maximum Gasteiger partial charge on any atom is 0.224 e. The van der Waals surface area contributed by atoms with E-state index in [1.54, 1.807) is 19.2 Å². The van der Waals surface area contributed by atoms with E-state index in [1.807, 2.05) is 24.3 Å². The molecule has 0 unspecified atom stereocenters. The number of amides is 1. The van der Waals surface area contributed by atoms with Crippen LogP contribution in [0, 0.1) is 0 Å². The lowest BCUT2D eigenvalue weighted by atomic mass is 10.2. The number of anilines is 1. The molecule has 26 heavy (non-hydrogen) atoms. The Morgan fingerprint density at radius 2 is 1.62 bits per heavy atom. The van der Waals surface area contributed by atoms with Crippen molar-refractivity contribution in [3.63, 3.8) is 0 Å². The van der Waals surface area contributed by atoms with Gasteiger partial charge in [0.1, 0.15) is 23.0 Å². The topological polar surface area (TPSA) is 66.0 Å². The van der Waals surface area contributed by atoms with E-state index in [0.29, 0.717) is 41.7 Å². The lowest BCUT2D eigenvalue weighted by Gasteiger charge is -2.13. The fraction of sp³-hybridized carbons (Fsp3) is 0.316. The summed E-state index contributed by atoms with van der Waals surface area (Å²) in [6.07, 6.45) is 0.884. The van der Waals surface area contributed by atoms with Crippen molar-refractivity contribution in [2.24, 2.45) is 0 Å². The number of ether oxygens (including phenoxy) is 4. The first-order chi connectivity index (χ1) is 12.6. The molecule has 1 N–H and O–H groups in total. The summed E-state index contributed by atoms with van der Waals surface area (Å²) in [6.45, 7) is 0.431.